The number of pyridine rings is 2. The number of alkyl halides is 3. The smallest absolute Gasteiger partial charge is 0.416 e. The lowest BCUT2D eigenvalue weighted by Crippen LogP contribution is -2.47. The predicted molar refractivity (Wildman–Crippen MR) is 183 cm³/mol. The number of nitrogens with one attached hydrogen (secondary N) is 1. The third-order valence-corrected chi connectivity index (χ3v) is 10.1. The van der Waals surface area contributed by atoms with Gasteiger partial charge in [0, 0.05) is 30.9 Å². The summed E-state index contributed by atoms with van der Waals surface area (Å²) in [6, 6.07) is 6.03. The predicted octanol–water partition coefficient (Wildman–Crippen LogP) is 4.88. The zero-order valence-electron chi connectivity index (χ0n) is 28.0. The average molecular weight is 751 g/mol. The molecule has 5 aromatic rings. The van der Waals surface area contributed by atoms with Crippen molar-refractivity contribution in [1.29, 1.82) is 0 Å². The van der Waals surface area contributed by atoms with Crippen LogP contribution in [0.1, 0.15) is 65.4 Å². The van der Waals surface area contributed by atoms with Crippen molar-refractivity contribution in [3.05, 3.63) is 92.5 Å². The van der Waals surface area contributed by atoms with Gasteiger partial charge < -0.3 is 29.4 Å². The Hall–Kier alpha value is -5.39. The van der Waals surface area contributed by atoms with Gasteiger partial charge in [0.15, 0.2) is 17.3 Å². The molecule has 1 fully saturated rings. The number of amides is 2. The van der Waals surface area contributed by atoms with Gasteiger partial charge >= 0.3 is 6.18 Å². The van der Waals surface area contributed by atoms with Crippen molar-refractivity contribution in [2.75, 3.05) is 31.6 Å². The highest BCUT2D eigenvalue weighted by atomic mass is 35.5. The number of piperidine rings is 1. The van der Waals surface area contributed by atoms with E-state index in [1.54, 1.807) is 19.1 Å². The van der Waals surface area contributed by atoms with Crippen molar-refractivity contribution in [2.45, 2.75) is 50.6 Å². The van der Waals surface area contributed by atoms with Crippen molar-refractivity contribution in [3.63, 3.8) is 0 Å². The lowest BCUT2D eigenvalue weighted by Gasteiger charge is -2.39. The number of fused-ring (bicyclic) bond motifs is 4. The summed E-state index contributed by atoms with van der Waals surface area (Å²) in [6.07, 6.45) is 0.348. The van der Waals surface area contributed by atoms with E-state index in [2.05, 4.69) is 25.4 Å². The summed E-state index contributed by atoms with van der Waals surface area (Å²) < 4.78 is 54.4. The number of carbonyl (C=O) groups is 2. The molecule has 18 heteroatoms. The number of hydrogen-bond donors (Lipinski definition) is 2. The van der Waals surface area contributed by atoms with Crippen molar-refractivity contribution in [1.82, 2.24) is 34.0 Å². The molecule has 2 N–H and O–H groups in total. The number of hydrogen-bond acceptors (Lipinski definition) is 10. The minimum Gasteiger partial charge on any atom is -0.504 e. The molecule has 1 aromatic carbocycles. The molecular formula is C35H30ClF3N8O6. The minimum atomic E-state index is -4.62. The lowest BCUT2D eigenvalue weighted by molar-refractivity contribution is -0.137. The molecule has 8 rings (SSSR count). The Bertz CT molecular complexity index is 2420. The van der Waals surface area contributed by atoms with Crippen molar-refractivity contribution < 1.29 is 37.3 Å². The fraction of sp³-hybridized carbons (Fsp3) is 0.343. The van der Waals surface area contributed by atoms with E-state index in [4.69, 9.17) is 21.1 Å². The second-order valence-corrected chi connectivity index (χ2v) is 13.4. The van der Waals surface area contributed by atoms with Gasteiger partial charge in [0.1, 0.15) is 17.7 Å². The molecule has 0 unspecified atom stereocenters. The standard InChI is InChI=1S/C35H30ClF3N8O6/c1-18-28-25(34(53-18)8-11-45(12-9-34)32(51)27-29(49)26-20(16-41-27)3-2-10-40-26)31(50)47-33(43-30(44-47)19-6-13-52-14-7-19)46(28)17-24(48)42-23-5-4-21(15-22(23)36)35(37,38)39/h2-6,10,15-16,18,49H,7-9,11-14,17H2,1H3,(H,42,48)/t18-/m1/s1. The number of ether oxygens (including phenoxy) is 2. The number of anilines is 1. The molecule has 1 atom stereocenters. The zero-order chi connectivity index (χ0) is 37.2. The highest BCUT2D eigenvalue weighted by molar-refractivity contribution is 6.33. The van der Waals surface area contributed by atoms with Crippen LogP contribution in [-0.4, -0.2) is 77.3 Å². The van der Waals surface area contributed by atoms with Crippen molar-refractivity contribution in [2.24, 2.45) is 0 Å². The summed E-state index contributed by atoms with van der Waals surface area (Å²) in [5.74, 6) is -1.13. The molecule has 4 aromatic heterocycles. The highest BCUT2D eigenvalue weighted by Crippen LogP contribution is 2.48. The number of halogens is 4. The SMILES string of the molecule is C[C@H]1OC2(CCN(C(=O)c3ncc4cccnc4c3O)CC2)c2c1n(CC(=O)Nc1ccc(C(F)(F)F)cc1Cl)c1nc(C3=CCOCC3)nn1c2=O. The molecular weight excluding hydrogens is 721 g/mol. The first-order valence-electron chi connectivity index (χ1n) is 16.7. The first kappa shape index (κ1) is 34.7. The fourth-order valence-corrected chi connectivity index (χ4v) is 7.53. The van der Waals surface area contributed by atoms with Gasteiger partial charge in [0.05, 0.1) is 46.8 Å². The van der Waals surface area contributed by atoms with Gasteiger partial charge in [-0.25, -0.2) is 4.98 Å². The number of likely N-dealkylation sites (tertiary alicyclic amines) is 1. The molecule has 0 aliphatic carbocycles. The molecule has 0 radical (unpaired) electrons. The number of rotatable bonds is 5. The van der Waals surface area contributed by atoms with Crippen LogP contribution >= 0.6 is 11.6 Å². The van der Waals surface area contributed by atoms with E-state index >= 15 is 0 Å². The van der Waals surface area contributed by atoms with E-state index in [1.165, 1.54) is 21.9 Å². The van der Waals surface area contributed by atoms with Crippen LogP contribution in [0, 0.1) is 0 Å². The van der Waals surface area contributed by atoms with E-state index in [0.29, 0.717) is 30.7 Å². The molecule has 0 bridgehead atoms. The maximum atomic E-state index is 14.4. The van der Waals surface area contributed by atoms with Crippen LogP contribution in [0.4, 0.5) is 18.9 Å². The van der Waals surface area contributed by atoms with Gasteiger partial charge in [0.25, 0.3) is 11.5 Å². The maximum absolute atomic E-state index is 14.4. The van der Waals surface area contributed by atoms with Crippen LogP contribution in [0.2, 0.25) is 5.02 Å². The molecule has 1 spiro atoms. The molecule has 3 aliphatic heterocycles. The molecule has 3 aliphatic rings. The van der Waals surface area contributed by atoms with Crippen LogP contribution in [0.25, 0.3) is 22.3 Å². The van der Waals surface area contributed by atoms with Crippen molar-refractivity contribution in [3.8, 4) is 5.75 Å². The average Bonchev–Trinajstić information content (AvgIpc) is 3.71. The maximum Gasteiger partial charge on any atom is 0.416 e. The molecule has 53 heavy (non-hydrogen) atoms. The van der Waals surface area contributed by atoms with Gasteiger partial charge in [-0.1, -0.05) is 17.7 Å². The van der Waals surface area contributed by atoms with E-state index in [-0.39, 0.29) is 70.8 Å². The van der Waals surface area contributed by atoms with E-state index in [9.17, 15) is 32.7 Å². The molecule has 274 valence electrons. The van der Waals surface area contributed by atoms with E-state index in [0.717, 1.165) is 28.3 Å². The number of benzene rings is 1. The number of carbonyl (C=O) groups excluding carboxylic acids is 2. The zero-order valence-corrected chi connectivity index (χ0v) is 28.7. The second kappa shape index (κ2) is 12.9. The molecule has 2 amide bonds. The fourth-order valence-electron chi connectivity index (χ4n) is 7.30. The third kappa shape index (κ3) is 5.97. The Kier molecular flexibility index (Phi) is 8.46. The largest absolute Gasteiger partial charge is 0.504 e. The Morgan fingerprint density at radius 3 is 2.68 bits per heavy atom. The van der Waals surface area contributed by atoms with Gasteiger partial charge in [-0.3, -0.25) is 19.4 Å². The monoisotopic (exact) mass is 750 g/mol. The van der Waals surface area contributed by atoms with Gasteiger partial charge in [-0.05, 0) is 62.1 Å². The lowest BCUT2D eigenvalue weighted by atomic mass is 9.85. The molecule has 1 saturated heterocycles. The van der Waals surface area contributed by atoms with Crippen LogP contribution in [-0.2, 0) is 32.6 Å². The number of aromatic hydroxyl groups is 1. The van der Waals surface area contributed by atoms with Crippen LogP contribution in [0.3, 0.4) is 0 Å². The Labute approximate surface area is 302 Å². The summed E-state index contributed by atoms with van der Waals surface area (Å²) in [7, 11) is 0. The third-order valence-electron chi connectivity index (χ3n) is 9.83. The Morgan fingerprint density at radius 1 is 1.17 bits per heavy atom. The summed E-state index contributed by atoms with van der Waals surface area (Å²) >= 11 is 6.13. The van der Waals surface area contributed by atoms with Crippen LogP contribution in [0.15, 0.2) is 53.6 Å². The Morgan fingerprint density at radius 2 is 1.96 bits per heavy atom. The number of aromatic nitrogens is 6. The summed E-state index contributed by atoms with van der Waals surface area (Å²) in [5.41, 5.74) is -1.15. The molecule has 14 nitrogen and oxygen atoms in total. The van der Waals surface area contributed by atoms with Crippen LogP contribution < -0.4 is 10.9 Å². The quantitative estimate of drug-likeness (QED) is 0.253. The van der Waals surface area contributed by atoms with Gasteiger partial charge in [-0.15, -0.1) is 5.10 Å². The summed E-state index contributed by atoms with van der Waals surface area (Å²) in [5, 5.41) is 18.3. The minimum absolute atomic E-state index is 0.0339. The number of nitrogens with zero attached hydrogens (tertiary/aromatic N) is 7. The topological polar surface area (TPSA) is 166 Å². The normalized spacial score (nSPS) is 18.4. The van der Waals surface area contributed by atoms with Gasteiger partial charge in [0.2, 0.25) is 11.7 Å². The van der Waals surface area contributed by atoms with Gasteiger partial charge in [-0.2, -0.15) is 22.7 Å². The summed E-state index contributed by atoms with van der Waals surface area (Å²) in [6.45, 7) is 2.39. The summed E-state index contributed by atoms with van der Waals surface area (Å²) in [4.78, 5) is 56.2. The van der Waals surface area contributed by atoms with E-state index < -0.39 is 47.4 Å². The molecule has 0 saturated carbocycles. The Balaban J connectivity index is 1.15. The second-order valence-electron chi connectivity index (χ2n) is 13.0. The first-order valence-corrected chi connectivity index (χ1v) is 17.1. The van der Waals surface area contributed by atoms with E-state index in [1.807, 2.05) is 6.08 Å². The molecule has 7 heterocycles. The van der Waals surface area contributed by atoms with Crippen LogP contribution in [0.5, 0.6) is 5.75 Å². The van der Waals surface area contributed by atoms with Crippen molar-refractivity contribution >= 4 is 51.4 Å². The first-order chi connectivity index (χ1) is 25.3. The highest BCUT2D eigenvalue weighted by Gasteiger charge is 2.51.